The zero-order valence-electron chi connectivity index (χ0n) is 21.3. The number of hydrogen-bond acceptors (Lipinski definition) is 7. The molecule has 4 rings (SSSR count). The van der Waals surface area contributed by atoms with Crippen molar-refractivity contribution in [3.05, 3.63) is 92.8 Å². The minimum Gasteiger partial charge on any atom is -0.490 e. The molecular weight excluding hydrogens is 568 g/mol. The Bertz CT molecular complexity index is 1390. The number of rotatable bonds is 9. The third-order valence-electron chi connectivity index (χ3n) is 5.55. The standard InChI is InChI=1S/C29H27BrN2O5S/c1-4-32-27(33)25(38-29(32)31-22-13-9-12-21(17-22)28(34)35-3)16-20-14-23(30)26(24(15-20)36-5-2)37-18-19-10-7-6-8-11-19/h6-17H,4-5,18H2,1-3H3. The number of amides is 1. The molecule has 0 radical (unpaired) electrons. The molecule has 1 aliphatic rings. The number of esters is 1. The van der Waals surface area contributed by atoms with Gasteiger partial charge in [-0.1, -0.05) is 36.4 Å². The highest BCUT2D eigenvalue weighted by atomic mass is 79.9. The van der Waals surface area contributed by atoms with Gasteiger partial charge in [0.2, 0.25) is 0 Å². The molecule has 0 saturated carbocycles. The Morgan fingerprint density at radius 3 is 2.55 bits per heavy atom. The molecule has 1 amide bonds. The minimum atomic E-state index is -0.443. The van der Waals surface area contributed by atoms with Gasteiger partial charge in [0.1, 0.15) is 6.61 Å². The van der Waals surface area contributed by atoms with E-state index in [0.717, 1.165) is 15.6 Å². The molecule has 38 heavy (non-hydrogen) atoms. The van der Waals surface area contributed by atoms with E-state index < -0.39 is 5.97 Å². The van der Waals surface area contributed by atoms with Crippen molar-refractivity contribution in [2.24, 2.45) is 4.99 Å². The number of benzene rings is 3. The Hall–Kier alpha value is -3.56. The Labute approximate surface area is 234 Å². The van der Waals surface area contributed by atoms with Crippen LogP contribution in [0.5, 0.6) is 11.5 Å². The van der Waals surface area contributed by atoms with E-state index in [-0.39, 0.29) is 5.91 Å². The van der Waals surface area contributed by atoms with E-state index in [9.17, 15) is 9.59 Å². The van der Waals surface area contributed by atoms with Crippen molar-refractivity contribution < 1.29 is 23.8 Å². The molecule has 0 bridgehead atoms. The molecule has 1 fully saturated rings. The van der Waals surface area contributed by atoms with E-state index in [2.05, 4.69) is 20.9 Å². The van der Waals surface area contributed by atoms with Crippen molar-refractivity contribution in [1.29, 1.82) is 0 Å². The van der Waals surface area contributed by atoms with Crippen molar-refractivity contribution in [3.8, 4) is 11.5 Å². The summed E-state index contributed by atoms with van der Waals surface area (Å²) in [6.45, 7) is 5.13. The van der Waals surface area contributed by atoms with Crippen molar-refractivity contribution >= 4 is 56.5 Å². The molecule has 1 heterocycles. The van der Waals surface area contributed by atoms with Crippen LogP contribution in [0.3, 0.4) is 0 Å². The zero-order chi connectivity index (χ0) is 27.1. The Morgan fingerprint density at radius 2 is 1.84 bits per heavy atom. The summed E-state index contributed by atoms with van der Waals surface area (Å²) in [5, 5.41) is 0.540. The van der Waals surface area contributed by atoms with E-state index in [4.69, 9.17) is 14.2 Å². The highest BCUT2D eigenvalue weighted by molar-refractivity contribution is 9.10. The molecule has 0 unspecified atom stereocenters. The quantitative estimate of drug-likeness (QED) is 0.199. The van der Waals surface area contributed by atoms with Crippen LogP contribution < -0.4 is 9.47 Å². The lowest BCUT2D eigenvalue weighted by Gasteiger charge is -2.15. The fourth-order valence-corrected chi connectivity index (χ4v) is 5.39. The van der Waals surface area contributed by atoms with Crippen LogP contribution >= 0.6 is 27.7 Å². The molecule has 3 aromatic carbocycles. The van der Waals surface area contributed by atoms with Crippen LogP contribution in [0.2, 0.25) is 0 Å². The molecular formula is C29H27BrN2O5S. The summed E-state index contributed by atoms with van der Waals surface area (Å²) in [5.74, 6) is 0.605. The van der Waals surface area contributed by atoms with Crippen LogP contribution in [0.15, 0.2) is 81.1 Å². The summed E-state index contributed by atoms with van der Waals surface area (Å²) in [4.78, 5) is 31.9. The topological polar surface area (TPSA) is 77.4 Å². The number of hydrogen-bond donors (Lipinski definition) is 0. The number of amidine groups is 1. The third-order valence-corrected chi connectivity index (χ3v) is 7.15. The largest absolute Gasteiger partial charge is 0.490 e. The second-order valence-electron chi connectivity index (χ2n) is 8.13. The molecule has 1 aliphatic heterocycles. The molecule has 0 N–H and O–H groups in total. The predicted octanol–water partition coefficient (Wildman–Crippen LogP) is 6.84. The van der Waals surface area contributed by atoms with Gasteiger partial charge in [-0.25, -0.2) is 9.79 Å². The number of carbonyl (C=O) groups excluding carboxylic acids is 2. The first-order valence-electron chi connectivity index (χ1n) is 12.0. The first-order chi connectivity index (χ1) is 18.4. The summed E-state index contributed by atoms with van der Waals surface area (Å²) < 4.78 is 17.5. The van der Waals surface area contributed by atoms with Crippen LogP contribution in [0.25, 0.3) is 6.08 Å². The highest BCUT2D eigenvalue weighted by Crippen LogP contribution is 2.40. The lowest BCUT2D eigenvalue weighted by atomic mass is 10.1. The number of methoxy groups -OCH3 is 1. The Balaban J connectivity index is 1.61. The van der Waals surface area contributed by atoms with Gasteiger partial charge in [-0.2, -0.15) is 0 Å². The SMILES string of the molecule is CCOc1cc(C=C2SC(=Nc3cccc(C(=O)OC)c3)N(CC)C2=O)cc(Br)c1OCc1ccccc1. The molecule has 9 heteroatoms. The van der Waals surface area contributed by atoms with Crippen LogP contribution in [0, 0.1) is 0 Å². The number of ether oxygens (including phenoxy) is 3. The van der Waals surface area contributed by atoms with E-state index in [1.54, 1.807) is 29.2 Å². The number of aliphatic imine (C=N–C) groups is 1. The summed E-state index contributed by atoms with van der Waals surface area (Å²) in [6.07, 6.45) is 1.82. The fourth-order valence-electron chi connectivity index (χ4n) is 3.76. The first-order valence-corrected chi connectivity index (χ1v) is 13.7. The second kappa shape index (κ2) is 12.8. The molecule has 0 spiro atoms. The van der Waals surface area contributed by atoms with Gasteiger partial charge in [-0.05, 0) is 89.1 Å². The lowest BCUT2D eigenvalue weighted by molar-refractivity contribution is -0.122. The minimum absolute atomic E-state index is 0.140. The maximum Gasteiger partial charge on any atom is 0.337 e. The van der Waals surface area contributed by atoms with Crippen molar-refractivity contribution in [1.82, 2.24) is 4.90 Å². The van der Waals surface area contributed by atoms with Gasteiger partial charge in [0.15, 0.2) is 16.7 Å². The monoisotopic (exact) mass is 594 g/mol. The van der Waals surface area contributed by atoms with Gasteiger partial charge in [-0.15, -0.1) is 0 Å². The molecule has 0 aromatic heterocycles. The highest BCUT2D eigenvalue weighted by Gasteiger charge is 2.32. The van der Waals surface area contributed by atoms with Crippen LogP contribution in [-0.2, 0) is 16.1 Å². The molecule has 3 aromatic rings. The lowest BCUT2D eigenvalue weighted by Crippen LogP contribution is -2.28. The predicted molar refractivity (Wildman–Crippen MR) is 154 cm³/mol. The van der Waals surface area contributed by atoms with Crippen molar-refractivity contribution in [2.75, 3.05) is 20.3 Å². The van der Waals surface area contributed by atoms with Gasteiger partial charge in [0, 0.05) is 6.54 Å². The molecule has 0 atom stereocenters. The third kappa shape index (κ3) is 6.46. The van der Waals surface area contributed by atoms with E-state index in [0.29, 0.717) is 52.6 Å². The molecule has 1 saturated heterocycles. The molecule has 196 valence electrons. The normalized spacial score (nSPS) is 15.3. The molecule has 0 aliphatic carbocycles. The second-order valence-corrected chi connectivity index (χ2v) is 10.00. The summed E-state index contributed by atoms with van der Waals surface area (Å²) in [6, 6.07) is 20.5. The van der Waals surface area contributed by atoms with E-state index in [1.807, 2.05) is 62.4 Å². The van der Waals surface area contributed by atoms with Crippen LogP contribution in [0.4, 0.5) is 5.69 Å². The average molecular weight is 596 g/mol. The Kier molecular flexibility index (Phi) is 9.25. The van der Waals surface area contributed by atoms with Crippen LogP contribution in [0.1, 0.15) is 35.3 Å². The summed E-state index contributed by atoms with van der Waals surface area (Å²) in [7, 11) is 1.33. The van der Waals surface area contributed by atoms with Crippen molar-refractivity contribution in [3.63, 3.8) is 0 Å². The van der Waals surface area contributed by atoms with Crippen LogP contribution in [-0.4, -0.2) is 42.2 Å². The smallest absolute Gasteiger partial charge is 0.337 e. The van der Waals surface area contributed by atoms with Crippen molar-refractivity contribution in [2.45, 2.75) is 20.5 Å². The van der Waals surface area contributed by atoms with Gasteiger partial charge >= 0.3 is 5.97 Å². The van der Waals surface area contributed by atoms with Gasteiger partial charge in [0.05, 0.1) is 34.3 Å². The van der Waals surface area contributed by atoms with E-state index >= 15 is 0 Å². The number of halogens is 1. The summed E-state index contributed by atoms with van der Waals surface area (Å²) in [5.41, 5.74) is 2.78. The maximum absolute atomic E-state index is 13.2. The number of carbonyl (C=O) groups is 2. The Morgan fingerprint density at radius 1 is 1.05 bits per heavy atom. The number of likely N-dealkylation sites (N-methyl/N-ethyl adjacent to an activating group) is 1. The van der Waals surface area contributed by atoms with Gasteiger partial charge < -0.3 is 14.2 Å². The van der Waals surface area contributed by atoms with E-state index in [1.165, 1.54) is 18.9 Å². The maximum atomic E-state index is 13.2. The first kappa shape index (κ1) is 27.5. The number of thioether (sulfide) groups is 1. The fraction of sp³-hybridized carbons (Fsp3) is 0.207. The number of nitrogens with zero attached hydrogens (tertiary/aromatic N) is 2. The van der Waals surface area contributed by atoms with Gasteiger partial charge in [0.25, 0.3) is 5.91 Å². The zero-order valence-corrected chi connectivity index (χ0v) is 23.7. The summed E-state index contributed by atoms with van der Waals surface area (Å²) >= 11 is 4.90. The molecule has 7 nitrogen and oxygen atoms in total. The average Bonchev–Trinajstić information content (AvgIpc) is 3.21. The van der Waals surface area contributed by atoms with Gasteiger partial charge in [-0.3, -0.25) is 9.69 Å².